The Morgan fingerprint density at radius 2 is 1.89 bits per heavy atom. The summed E-state index contributed by atoms with van der Waals surface area (Å²) in [4.78, 5) is 11.1. The van der Waals surface area contributed by atoms with Crippen LogP contribution >= 0.6 is 0 Å². The van der Waals surface area contributed by atoms with Crippen LogP contribution in [0.3, 0.4) is 0 Å². The monoisotopic (exact) mass is 259 g/mol. The van der Waals surface area contributed by atoms with Crippen LogP contribution in [-0.2, 0) is 14.5 Å². The van der Waals surface area contributed by atoms with E-state index in [0.717, 1.165) is 36.8 Å². The van der Waals surface area contributed by atoms with E-state index in [0.29, 0.717) is 6.61 Å². The van der Waals surface area contributed by atoms with Crippen LogP contribution < -0.4 is 0 Å². The Balaban J connectivity index is 1.62. The lowest BCUT2D eigenvalue weighted by Crippen LogP contribution is -2.46. The molecule has 2 aliphatic rings. The maximum atomic E-state index is 5.93. The third-order valence-corrected chi connectivity index (χ3v) is 3.81. The number of hydrogen-bond donors (Lipinski definition) is 0. The minimum atomic E-state index is -0.526. The van der Waals surface area contributed by atoms with Crippen LogP contribution in [0, 0.1) is 6.42 Å². The molecule has 0 bridgehead atoms. The molecule has 1 aliphatic heterocycles. The fourth-order valence-electron chi connectivity index (χ4n) is 2.56. The van der Waals surface area contributed by atoms with Gasteiger partial charge in [0.15, 0.2) is 0 Å². The summed E-state index contributed by atoms with van der Waals surface area (Å²) in [7, 11) is 0. The molecule has 3 nitrogen and oxygen atoms in total. The highest BCUT2D eigenvalue weighted by atomic mass is 17.2. The summed E-state index contributed by atoms with van der Waals surface area (Å²) >= 11 is 0. The summed E-state index contributed by atoms with van der Waals surface area (Å²) < 4.78 is 5.93. The van der Waals surface area contributed by atoms with E-state index in [-0.39, 0.29) is 6.10 Å². The van der Waals surface area contributed by atoms with Crippen LogP contribution in [0.2, 0.25) is 0 Å². The van der Waals surface area contributed by atoms with Gasteiger partial charge < -0.3 is 4.74 Å². The van der Waals surface area contributed by atoms with Gasteiger partial charge in [0.1, 0.15) is 6.10 Å². The number of rotatable bonds is 2. The van der Waals surface area contributed by atoms with Gasteiger partial charge in [-0.15, -0.1) is 0 Å². The maximum absolute atomic E-state index is 5.93. The van der Waals surface area contributed by atoms with Gasteiger partial charge in [-0.2, -0.15) is 0 Å². The first-order chi connectivity index (χ1) is 9.29. The van der Waals surface area contributed by atoms with Crippen molar-refractivity contribution in [3.63, 3.8) is 0 Å². The Kier molecular flexibility index (Phi) is 3.69. The van der Waals surface area contributed by atoms with Gasteiger partial charge in [0.25, 0.3) is 0 Å². The molecule has 1 unspecified atom stereocenters. The average Bonchev–Trinajstić information content (AvgIpc) is 2.49. The van der Waals surface area contributed by atoms with Gasteiger partial charge in [0, 0.05) is 12.8 Å². The first-order valence-corrected chi connectivity index (χ1v) is 6.83. The smallest absolute Gasteiger partial charge is 0.201 e. The fourth-order valence-corrected chi connectivity index (χ4v) is 2.56. The van der Waals surface area contributed by atoms with E-state index in [4.69, 9.17) is 14.5 Å². The van der Waals surface area contributed by atoms with Crippen molar-refractivity contribution in [2.24, 2.45) is 0 Å². The van der Waals surface area contributed by atoms with Crippen LogP contribution in [-0.4, -0.2) is 18.5 Å². The van der Waals surface area contributed by atoms with Gasteiger partial charge >= 0.3 is 0 Å². The Hall–Kier alpha value is -1.16. The molecule has 1 atom stereocenters. The van der Waals surface area contributed by atoms with Crippen LogP contribution in [0.15, 0.2) is 36.9 Å². The van der Waals surface area contributed by atoms with E-state index in [1.165, 1.54) is 0 Å². The van der Waals surface area contributed by atoms with E-state index in [1.54, 1.807) is 0 Å². The molecular weight excluding hydrogens is 240 g/mol. The van der Waals surface area contributed by atoms with Crippen LogP contribution in [0.4, 0.5) is 0 Å². The van der Waals surface area contributed by atoms with Crippen LogP contribution in [0.5, 0.6) is 0 Å². The highest BCUT2D eigenvalue weighted by Gasteiger charge is 2.41. The Morgan fingerprint density at radius 3 is 2.53 bits per heavy atom. The minimum Gasteiger partial charge on any atom is -0.344 e. The molecule has 0 N–H and O–H groups in total. The molecule has 3 heteroatoms. The summed E-state index contributed by atoms with van der Waals surface area (Å²) in [5.41, 5.74) is 1.96. The van der Waals surface area contributed by atoms with Gasteiger partial charge in [-0.05, 0) is 30.4 Å². The summed E-state index contributed by atoms with van der Waals surface area (Å²) in [5.74, 6) is -0.526. The molecule has 1 aliphatic carbocycles. The van der Waals surface area contributed by atoms with Crippen molar-refractivity contribution < 1.29 is 14.5 Å². The molecule has 3 rings (SSSR count). The first kappa shape index (κ1) is 12.9. The Morgan fingerprint density at radius 1 is 1.16 bits per heavy atom. The summed E-state index contributed by atoms with van der Waals surface area (Å²) in [6.45, 7) is 4.60. The summed E-state index contributed by atoms with van der Waals surface area (Å²) in [6, 6.07) is 10.0. The lowest BCUT2D eigenvalue weighted by atomic mass is 9.94. The highest BCUT2D eigenvalue weighted by Crippen LogP contribution is 2.37. The van der Waals surface area contributed by atoms with Crippen molar-refractivity contribution in [2.45, 2.75) is 37.6 Å². The van der Waals surface area contributed by atoms with Crippen molar-refractivity contribution in [3.8, 4) is 0 Å². The zero-order valence-electron chi connectivity index (χ0n) is 11.0. The van der Waals surface area contributed by atoms with Crippen molar-refractivity contribution in [1.82, 2.24) is 0 Å². The molecule has 19 heavy (non-hydrogen) atoms. The molecule has 2 fully saturated rings. The topological polar surface area (TPSA) is 27.7 Å². The second-order valence-electron chi connectivity index (χ2n) is 5.15. The molecule has 101 valence electrons. The van der Waals surface area contributed by atoms with Gasteiger partial charge in [-0.1, -0.05) is 36.9 Å². The molecule has 1 saturated heterocycles. The second-order valence-corrected chi connectivity index (χ2v) is 5.15. The molecule has 1 radical (unpaired) electrons. The quantitative estimate of drug-likeness (QED) is 0.760. The van der Waals surface area contributed by atoms with Crippen molar-refractivity contribution in [3.05, 3.63) is 48.9 Å². The number of benzene rings is 1. The largest absolute Gasteiger partial charge is 0.344 e. The van der Waals surface area contributed by atoms with Gasteiger partial charge in [0.2, 0.25) is 5.79 Å². The van der Waals surface area contributed by atoms with Crippen LogP contribution in [0.25, 0.3) is 5.57 Å². The lowest BCUT2D eigenvalue weighted by molar-refractivity contribution is -0.482. The second kappa shape index (κ2) is 5.45. The molecule has 1 aromatic rings. The minimum absolute atomic E-state index is 0.223. The van der Waals surface area contributed by atoms with E-state index < -0.39 is 5.79 Å². The SMILES string of the molecule is C=C(c1ccccc1)C1COC2(CC[CH]CC2)OO1. The molecule has 1 heterocycles. The van der Waals surface area contributed by atoms with E-state index in [1.807, 2.05) is 30.3 Å². The molecule has 1 spiro atoms. The van der Waals surface area contributed by atoms with E-state index >= 15 is 0 Å². The lowest BCUT2D eigenvalue weighted by Gasteiger charge is -2.41. The van der Waals surface area contributed by atoms with Crippen molar-refractivity contribution >= 4 is 5.57 Å². The zero-order chi connectivity index (χ0) is 13.1. The van der Waals surface area contributed by atoms with Crippen molar-refractivity contribution in [2.75, 3.05) is 6.61 Å². The molecule has 1 saturated carbocycles. The Labute approximate surface area is 114 Å². The third kappa shape index (κ3) is 2.73. The van der Waals surface area contributed by atoms with E-state index in [9.17, 15) is 0 Å². The van der Waals surface area contributed by atoms with Gasteiger partial charge in [-0.25, -0.2) is 9.78 Å². The summed E-state index contributed by atoms with van der Waals surface area (Å²) in [5, 5.41) is 0. The predicted molar refractivity (Wildman–Crippen MR) is 72.9 cm³/mol. The molecular formula is C16H19O3. The average molecular weight is 259 g/mol. The fraction of sp³-hybridized carbons (Fsp3) is 0.438. The maximum Gasteiger partial charge on any atom is 0.201 e. The first-order valence-electron chi connectivity index (χ1n) is 6.83. The molecule has 0 aromatic heterocycles. The number of ether oxygens (including phenoxy) is 1. The Bertz CT molecular complexity index is 425. The highest BCUT2D eigenvalue weighted by molar-refractivity contribution is 5.66. The van der Waals surface area contributed by atoms with E-state index in [2.05, 4.69) is 13.0 Å². The normalized spacial score (nSPS) is 26.2. The van der Waals surface area contributed by atoms with Crippen LogP contribution in [0.1, 0.15) is 31.2 Å². The van der Waals surface area contributed by atoms with Crippen molar-refractivity contribution in [1.29, 1.82) is 0 Å². The predicted octanol–water partition coefficient (Wildman–Crippen LogP) is 3.52. The number of hydrogen-bond acceptors (Lipinski definition) is 3. The molecule has 1 aromatic carbocycles. The summed E-state index contributed by atoms with van der Waals surface area (Å²) in [6.07, 6.45) is 5.84. The van der Waals surface area contributed by atoms with Gasteiger partial charge in [0.05, 0.1) is 6.61 Å². The third-order valence-electron chi connectivity index (χ3n) is 3.81. The standard InChI is InChI=1S/C16H19O3/c1-13(14-8-4-2-5-9-14)15-12-17-16(19-18-15)10-6-3-7-11-16/h2-5,8-9,15H,1,6-7,10-12H2. The molecule has 0 amide bonds. The zero-order valence-corrected chi connectivity index (χ0v) is 11.0. The van der Waals surface area contributed by atoms with Gasteiger partial charge in [-0.3, -0.25) is 0 Å².